The number of benzene rings is 7. The molecule has 4 nitrogen and oxygen atoms in total. The lowest BCUT2D eigenvalue weighted by Gasteiger charge is -2.12. The molecular weight excluding hydrogens is 677 g/mol. The molecule has 252 valence electrons. The van der Waals surface area contributed by atoms with Crippen LogP contribution in [0.2, 0.25) is 0 Å². The van der Waals surface area contributed by atoms with Gasteiger partial charge in [-0.15, -0.1) is 11.3 Å². The monoisotopic (exact) mass is 706 g/mol. The van der Waals surface area contributed by atoms with Gasteiger partial charge in [-0.3, -0.25) is 4.40 Å². The molecule has 4 aromatic heterocycles. The Kier molecular flexibility index (Phi) is 7.00. The van der Waals surface area contributed by atoms with Crippen LogP contribution >= 0.6 is 11.3 Å². The molecular formula is C49H30N4S. The lowest BCUT2D eigenvalue weighted by atomic mass is 9.95. The van der Waals surface area contributed by atoms with Gasteiger partial charge >= 0.3 is 0 Å². The molecule has 0 amide bonds. The molecule has 0 aliphatic rings. The van der Waals surface area contributed by atoms with Crippen LogP contribution in [0.15, 0.2) is 182 Å². The van der Waals surface area contributed by atoms with Gasteiger partial charge in [0.2, 0.25) is 0 Å². The van der Waals surface area contributed by atoms with Gasteiger partial charge in [0.05, 0.1) is 11.0 Å². The number of nitrogens with zero attached hydrogens (tertiary/aromatic N) is 4. The van der Waals surface area contributed by atoms with Crippen molar-refractivity contribution in [3.63, 3.8) is 0 Å². The minimum Gasteiger partial charge on any atom is -0.299 e. The number of thiophene rings is 1. The van der Waals surface area contributed by atoms with E-state index in [-0.39, 0.29) is 0 Å². The summed E-state index contributed by atoms with van der Waals surface area (Å²) in [5.41, 5.74) is 10.0. The maximum Gasteiger partial charge on any atom is 0.164 e. The van der Waals surface area contributed by atoms with E-state index in [4.69, 9.17) is 15.0 Å². The fourth-order valence-corrected chi connectivity index (χ4v) is 9.20. The number of aromatic nitrogens is 4. The lowest BCUT2D eigenvalue weighted by Crippen LogP contribution is -2.00. The third-order valence-corrected chi connectivity index (χ3v) is 11.6. The summed E-state index contributed by atoms with van der Waals surface area (Å²) in [7, 11) is 0. The molecule has 5 heteroatoms. The van der Waals surface area contributed by atoms with Gasteiger partial charge in [0.15, 0.2) is 17.5 Å². The summed E-state index contributed by atoms with van der Waals surface area (Å²) in [6, 6.07) is 64.3. The molecule has 0 bridgehead atoms. The topological polar surface area (TPSA) is 43.1 Å². The van der Waals surface area contributed by atoms with E-state index in [0.29, 0.717) is 17.5 Å². The molecule has 0 saturated carbocycles. The standard InChI is InChI=1S/C49H30N4S/c1-4-15-31(16-5-1)43-38-23-10-12-25-41(38)53-45(43)37-28-27-35(30-40(37)44-39-24-11-13-26-42(39)54-49(44)53)34-21-14-22-36(29-34)48-51-46(32-17-6-2-7-18-32)50-47(52-48)33-19-8-3-9-20-33/h1-30H. The smallest absolute Gasteiger partial charge is 0.164 e. The summed E-state index contributed by atoms with van der Waals surface area (Å²) in [5.74, 6) is 1.95. The van der Waals surface area contributed by atoms with Gasteiger partial charge in [0.25, 0.3) is 0 Å². The van der Waals surface area contributed by atoms with Crippen LogP contribution in [0.4, 0.5) is 0 Å². The molecule has 11 rings (SSSR count). The zero-order valence-corrected chi connectivity index (χ0v) is 29.8. The maximum absolute atomic E-state index is 5.02. The molecule has 0 fully saturated rings. The van der Waals surface area contributed by atoms with Crippen molar-refractivity contribution in [2.24, 2.45) is 0 Å². The Bertz CT molecular complexity index is 3140. The first-order valence-corrected chi connectivity index (χ1v) is 18.9. The average Bonchev–Trinajstić information content (AvgIpc) is 3.81. The average molecular weight is 707 g/mol. The van der Waals surface area contributed by atoms with Crippen molar-refractivity contribution in [2.75, 3.05) is 0 Å². The molecule has 0 unspecified atom stereocenters. The number of para-hydroxylation sites is 1. The van der Waals surface area contributed by atoms with E-state index in [1.165, 1.54) is 58.6 Å². The Morgan fingerprint density at radius 3 is 1.61 bits per heavy atom. The lowest BCUT2D eigenvalue weighted by molar-refractivity contribution is 1.07. The zero-order chi connectivity index (χ0) is 35.6. The molecule has 0 radical (unpaired) electrons. The highest BCUT2D eigenvalue weighted by Gasteiger charge is 2.22. The van der Waals surface area contributed by atoms with Crippen LogP contribution in [0, 0.1) is 0 Å². The van der Waals surface area contributed by atoms with Crippen LogP contribution in [-0.4, -0.2) is 19.4 Å². The first kappa shape index (κ1) is 30.7. The van der Waals surface area contributed by atoms with Crippen LogP contribution in [0.25, 0.3) is 104 Å². The molecule has 0 atom stereocenters. The third-order valence-electron chi connectivity index (χ3n) is 10.4. The summed E-state index contributed by atoms with van der Waals surface area (Å²) in [5, 5.41) is 6.30. The van der Waals surface area contributed by atoms with Gasteiger partial charge < -0.3 is 0 Å². The van der Waals surface area contributed by atoms with Crippen molar-refractivity contribution >= 4 is 58.8 Å². The number of pyridine rings is 1. The van der Waals surface area contributed by atoms with Crippen molar-refractivity contribution in [3.8, 4) is 56.4 Å². The van der Waals surface area contributed by atoms with E-state index in [2.05, 4.69) is 126 Å². The molecule has 0 aliphatic carbocycles. The first-order chi connectivity index (χ1) is 26.8. The number of rotatable bonds is 5. The SMILES string of the molecule is c1ccc(-c2nc(-c3ccccc3)nc(-c3cccc(-c4ccc5c(c4)c4c6ccccc6sc4n4c6ccccc6c(-c6ccccc6)c54)c3)n2)cc1. The van der Waals surface area contributed by atoms with Crippen LogP contribution in [0.1, 0.15) is 0 Å². The molecule has 0 saturated heterocycles. The number of hydrogen-bond acceptors (Lipinski definition) is 4. The molecule has 0 spiro atoms. The van der Waals surface area contributed by atoms with Crippen LogP contribution < -0.4 is 0 Å². The Hall–Kier alpha value is -6.95. The molecule has 54 heavy (non-hydrogen) atoms. The van der Waals surface area contributed by atoms with E-state index in [0.717, 1.165) is 27.8 Å². The van der Waals surface area contributed by atoms with Gasteiger partial charge in [0, 0.05) is 48.5 Å². The van der Waals surface area contributed by atoms with E-state index in [1.807, 2.05) is 72.0 Å². The molecule has 0 aliphatic heterocycles. The summed E-state index contributed by atoms with van der Waals surface area (Å²) in [6.45, 7) is 0. The highest BCUT2D eigenvalue weighted by molar-refractivity contribution is 7.25. The highest BCUT2D eigenvalue weighted by Crippen LogP contribution is 2.47. The van der Waals surface area contributed by atoms with Crippen LogP contribution in [0.3, 0.4) is 0 Å². The van der Waals surface area contributed by atoms with Gasteiger partial charge in [-0.25, -0.2) is 15.0 Å². The van der Waals surface area contributed by atoms with E-state index in [1.54, 1.807) is 0 Å². The Morgan fingerprint density at radius 2 is 0.907 bits per heavy atom. The highest BCUT2D eigenvalue weighted by atomic mass is 32.1. The van der Waals surface area contributed by atoms with E-state index in [9.17, 15) is 0 Å². The van der Waals surface area contributed by atoms with E-state index >= 15 is 0 Å². The molecule has 11 aromatic rings. The van der Waals surface area contributed by atoms with Crippen LogP contribution in [0.5, 0.6) is 0 Å². The van der Waals surface area contributed by atoms with Crippen LogP contribution in [-0.2, 0) is 0 Å². The molecule has 0 N–H and O–H groups in total. The first-order valence-electron chi connectivity index (χ1n) is 18.1. The zero-order valence-electron chi connectivity index (χ0n) is 29.0. The maximum atomic E-state index is 5.02. The second-order valence-corrected chi connectivity index (χ2v) is 14.6. The largest absolute Gasteiger partial charge is 0.299 e. The van der Waals surface area contributed by atoms with Crippen molar-refractivity contribution in [3.05, 3.63) is 182 Å². The van der Waals surface area contributed by atoms with E-state index < -0.39 is 0 Å². The van der Waals surface area contributed by atoms with Gasteiger partial charge in [-0.2, -0.15) is 0 Å². The Morgan fingerprint density at radius 1 is 0.370 bits per heavy atom. The molecule has 7 aromatic carbocycles. The number of fused-ring (bicyclic) bond motifs is 10. The third kappa shape index (κ3) is 4.86. The second-order valence-electron chi connectivity index (χ2n) is 13.6. The summed E-state index contributed by atoms with van der Waals surface area (Å²) in [6.07, 6.45) is 0. The van der Waals surface area contributed by atoms with Gasteiger partial charge in [-0.05, 0) is 46.3 Å². The minimum atomic E-state index is 0.644. The number of hydrogen-bond donors (Lipinski definition) is 0. The van der Waals surface area contributed by atoms with Gasteiger partial charge in [-0.1, -0.05) is 158 Å². The Labute approximate surface area is 315 Å². The fourth-order valence-electron chi connectivity index (χ4n) is 7.97. The fraction of sp³-hybridized carbons (Fsp3) is 0. The quantitative estimate of drug-likeness (QED) is 0.179. The predicted molar refractivity (Wildman–Crippen MR) is 226 cm³/mol. The summed E-state index contributed by atoms with van der Waals surface area (Å²) in [4.78, 5) is 16.2. The van der Waals surface area contributed by atoms with Crippen molar-refractivity contribution in [1.82, 2.24) is 19.4 Å². The summed E-state index contributed by atoms with van der Waals surface area (Å²) < 4.78 is 3.79. The predicted octanol–water partition coefficient (Wildman–Crippen LogP) is 13.1. The van der Waals surface area contributed by atoms with Crippen molar-refractivity contribution < 1.29 is 0 Å². The second kappa shape index (κ2) is 12.3. The molecule has 4 heterocycles. The minimum absolute atomic E-state index is 0.644. The summed E-state index contributed by atoms with van der Waals surface area (Å²) >= 11 is 1.87. The van der Waals surface area contributed by atoms with Crippen molar-refractivity contribution in [2.45, 2.75) is 0 Å². The normalized spacial score (nSPS) is 11.7. The Balaban J connectivity index is 1.16. The van der Waals surface area contributed by atoms with Crippen molar-refractivity contribution in [1.29, 1.82) is 0 Å². The van der Waals surface area contributed by atoms with Gasteiger partial charge in [0.1, 0.15) is 4.83 Å².